The van der Waals surface area contributed by atoms with E-state index < -0.39 is 10.9 Å². The van der Waals surface area contributed by atoms with E-state index in [1.54, 1.807) is 12.1 Å². The average Bonchev–Trinajstić information content (AvgIpc) is 2.80. The summed E-state index contributed by atoms with van der Waals surface area (Å²) in [5, 5.41) is 26.7. The van der Waals surface area contributed by atoms with Crippen LogP contribution in [0.3, 0.4) is 0 Å². The molecule has 0 bridgehead atoms. The molecule has 0 fully saturated rings. The molecule has 2 aromatic rings. The lowest BCUT2D eigenvalue weighted by molar-refractivity contribution is -0.385. The summed E-state index contributed by atoms with van der Waals surface area (Å²) in [6, 6.07) is 4.62. The Balaban J connectivity index is 2.32. The van der Waals surface area contributed by atoms with Crippen LogP contribution in [0.1, 0.15) is 16.1 Å². The van der Waals surface area contributed by atoms with Gasteiger partial charge in [0.05, 0.1) is 23.2 Å². The molecule has 1 heterocycles. The zero-order valence-corrected chi connectivity index (χ0v) is 10.9. The second-order valence-electron chi connectivity index (χ2n) is 3.64. The highest BCUT2D eigenvalue weighted by Gasteiger charge is 2.16. The van der Waals surface area contributed by atoms with Crippen molar-refractivity contribution in [1.29, 1.82) is 0 Å². The summed E-state index contributed by atoms with van der Waals surface area (Å²) in [7, 11) is 0. The van der Waals surface area contributed by atoms with Crippen molar-refractivity contribution in [3.8, 4) is 0 Å². The molecule has 1 aromatic carbocycles. The van der Waals surface area contributed by atoms with Crippen molar-refractivity contribution in [3.05, 3.63) is 50.2 Å². The van der Waals surface area contributed by atoms with Gasteiger partial charge in [0.25, 0.3) is 5.69 Å². The molecule has 9 heteroatoms. The Morgan fingerprint density at radius 3 is 2.84 bits per heavy atom. The van der Waals surface area contributed by atoms with Crippen LogP contribution in [0.25, 0.3) is 0 Å². The first kappa shape index (κ1) is 13.1. The number of carboxylic acids is 1. The van der Waals surface area contributed by atoms with Crippen LogP contribution >= 0.6 is 15.9 Å². The number of hydrogen-bond acceptors (Lipinski definition) is 5. The monoisotopic (exact) mass is 326 g/mol. The number of aromatic nitrogens is 3. The van der Waals surface area contributed by atoms with Crippen LogP contribution in [0.5, 0.6) is 0 Å². The fourth-order valence-electron chi connectivity index (χ4n) is 1.49. The normalized spacial score (nSPS) is 10.4. The summed E-state index contributed by atoms with van der Waals surface area (Å²) in [6.07, 6.45) is 1.22. The Bertz CT molecular complexity index is 655. The lowest BCUT2D eigenvalue weighted by atomic mass is 10.2. The first-order valence-electron chi connectivity index (χ1n) is 5.03. The van der Waals surface area contributed by atoms with Gasteiger partial charge < -0.3 is 5.11 Å². The van der Waals surface area contributed by atoms with E-state index in [1.807, 2.05) is 0 Å². The van der Waals surface area contributed by atoms with Crippen molar-refractivity contribution < 1.29 is 14.8 Å². The largest absolute Gasteiger partial charge is 0.476 e. The number of nitro groups is 1. The van der Waals surface area contributed by atoms with Crippen LogP contribution < -0.4 is 0 Å². The van der Waals surface area contributed by atoms with Gasteiger partial charge in [0.15, 0.2) is 5.69 Å². The number of halogens is 1. The predicted octanol–water partition coefficient (Wildman–Crippen LogP) is 1.70. The van der Waals surface area contributed by atoms with Crippen molar-refractivity contribution in [2.24, 2.45) is 0 Å². The van der Waals surface area contributed by atoms with E-state index in [1.165, 1.54) is 16.9 Å². The molecular weight excluding hydrogens is 320 g/mol. The molecule has 0 unspecified atom stereocenters. The van der Waals surface area contributed by atoms with Crippen LogP contribution in [0.15, 0.2) is 28.9 Å². The van der Waals surface area contributed by atoms with E-state index in [0.29, 0.717) is 10.0 Å². The van der Waals surface area contributed by atoms with Gasteiger partial charge in [-0.2, -0.15) is 0 Å². The molecule has 19 heavy (non-hydrogen) atoms. The molecule has 0 saturated carbocycles. The molecule has 0 aliphatic carbocycles. The third-order valence-electron chi connectivity index (χ3n) is 2.33. The van der Waals surface area contributed by atoms with Gasteiger partial charge in [0, 0.05) is 10.5 Å². The third kappa shape index (κ3) is 2.94. The minimum atomic E-state index is -1.20. The van der Waals surface area contributed by atoms with Gasteiger partial charge in [0.2, 0.25) is 0 Å². The number of carbonyl (C=O) groups is 1. The maximum atomic E-state index is 10.9. The van der Waals surface area contributed by atoms with Crippen molar-refractivity contribution in [2.45, 2.75) is 6.54 Å². The molecule has 0 aliphatic rings. The Morgan fingerprint density at radius 2 is 2.26 bits per heavy atom. The average molecular weight is 327 g/mol. The van der Waals surface area contributed by atoms with Gasteiger partial charge in [-0.15, -0.1) is 5.10 Å². The molecule has 0 aliphatic heterocycles. The van der Waals surface area contributed by atoms with Crippen LogP contribution in [0.4, 0.5) is 5.69 Å². The summed E-state index contributed by atoms with van der Waals surface area (Å²) in [5.41, 5.74) is 0.136. The smallest absolute Gasteiger partial charge is 0.358 e. The van der Waals surface area contributed by atoms with Gasteiger partial charge >= 0.3 is 5.97 Å². The van der Waals surface area contributed by atoms with Gasteiger partial charge in [-0.05, 0) is 12.1 Å². The highest BCUT2D eigenvalue weighted by atomic mass is 79.9. The maximum Gasteiger partial charge on any atom is 0.358 e. The van der Waals surface area contributed by atoms with E-state index in [9.17, 15) is 14.9 Å². The van der Waals surface area contributed by atoms with Gasteiger partial charge in [-0.1, -0.05) is 21.1 Å². The van der Waals surface area contributed by atoms with E-state index in [-0.39, 0.29) is 17.9 Å². The van der Waals surface area contributed by atoms with Crippen molar-refractivity contribution in [2.75, 3.05) is 0 Å². The van der Waals surface area contributed by atoms with E-state index >= 15 is 0 Å². The summed E-state index contributed by atoms with van der Waals surface area (Å²) >= 11 is 3.16. The van der Waals surface area contributed by atoms with Gasteiger partial charge in [-0.25, -0.2) is 9.48 Å². The summed E-state index contributed by atoms with van der Waals surface area (Å²) < 4.78 is 1.83. The standard InChI is InChI=1S/C10H7BrN4O4/c11-7-2-1-6(9(3-7)15(18)19)4-14-5-8(10(16)17)12-13-14/h1-3,5H,4H2,(H,16,17). The number of benzene rings is 1. The molecule has 0 atom stereocenters. The molecular formula is C10H7BrN4O4. The highest BCUT2D eigenvalue weighted by Crippen LogP contribution is 2.24. The SMILES string of the molecule is O=C(O)c1cn(Cc2ccc(Br)cc2[N+](=O)[O-])nn1. The first-order chi connectivity index (χ1) is 8.97. The van der Waals surface area contributed by atoms with Crippen molar-refractivity contribution >= 4 is 27.6 Å². The Labute approximate surface area is 114 Å². The molecule has 1 aromatic heterocycles. The number of nitro benzene ring substituents is 1. The number of rotatable bonds is 4. The Kier molecular flexibility index (Phi) is 3.56. The second-order valence-corrected chi connectivity index (χ2v) is 4.55. The minimum Gasteiger partial charge on any atom is -0.476 e. The zero-order valence-electron chi connectivity index (χ0n) is 9.36. The molecule has 8 nitrogen and oxygen atoms in total. The fourth-order valence-corrected chi connectivity index (χ4v) is 1.84. The molecule has 0 amide bonds. The molecule has 0 radical (unpaired) electrons. The van der Waals surface area contributed by atoms with E-state index in [2.05, 4.69) is 26.2 Å². The summed E-state index contributed by atoms with van der Waals surface area (Å²) in [5.74, 6) is -1.20. The Hall–Kier alpha value is -2.29. The topological polar surface area (TPSA) is 111 Å². The lowest BCUT2D eigenvalue weighted by Gasteiger charge is -2.03. The number of aromatic carboxylic acids is 1. The zero-order chi connectivity index (χ0) is 14.0. The summed E-state index contributed by atoms with van der Waals surface area (Å²) in [6.45, 7) is 0.0733. The lowest BCUT2D eigenvalue weighted by Crippen LogP contribution is -2.04. The van der Waals surface area contributed by atoms with Crippen LogP contribution in [0, 0.1) is 10.1 Å². The highest BCUT2D eigenvalue weighted by molar-refractivity contribution is 9.10. The number of nitrogens with zero attached hydrogens (tertiary/aromatic N) is 4. The van der Waals surface area contributed by atoms with Crippen molar-refractivity contribution in [1.82, 2.24) is 15.0 Å². The third-order valence-corrected chi connectivity index (χ3v) is 2.83. The number of carboxylic acid groups (broad SMARTS) is 1. The molecule has 0 saturated heterocycles. The van der Waals surface area contributed by atoms with Gasteiger partial charge in [-0.3, -0.25) is 10.1 Å². The maximum absolute atomic E-state index is 10.9. The molecule has 98 valence electrons. The molecule has 1 N–H and O–H groups in total. The quantitative estimate of drug-likeness (QED) is 0.676. The van der Waals surface area contributed by atoms with E-state index in [4.69, 9.17) is 5.11 Å². The summed E-state index contributed by atoms with van der Waals surface area (Å²) in [4.78, 5) is 21.1. The predicted molar refractivity (Wildman–Crippen MR) is 66.9 cm³/mol. The molecule has 2 rings (SSSR count). The Morgan fingerprint density at radius 1 is 1.53 bits per heavy atom. The van der Waals surface area contributed by atoms with Gasteiger partial charge in [0.1, 0.15) is 0 Å². The second kappa shape index (κ2) is 5.14. The fraction of sp³-hybridized carbons (Fsp3) is 0.100. The van der Waals surface area contributed by atoms with E-state index in [0.717, 1.165) is 0 Å². The van der Waals surface area contributed by atoms with Crippen molar-refractivity contribution in [3.63, 3.8) is 0 Å². The van der Waals surface area contributed by atoms with Crippen LogP contribution in [-0.4, -0.2) is 31.0 Å². The number of hydrogen-bond donors (Lipinski definition) is 1. The van der Waals surface area contributed by atoms with Crippen LogP contribution in [0.2, 0.25) is 0 Å². The first-order valence-corrected chi connectivity index (χ1v) is 5.83. The minimum absolute atomic E-state index is 0.0678. The molecule has 0 spiro atoms. The van der Waals surface area contributed by atoms with Crippen LogP contribution in [-0.2, 0) is 6.54 Å².